The van der Waals surface area contributed by atoms with E-state index in [1.54, 1.807) is 0 Å². The molecule has 0 unspecified atom stereocenters. The van der Waals surface area contributed by atoms with Gasteiger partial charge in [0, 0.05) is 11.8 Å². The number of aromatic nitrogens is 2. The maximum absolute atomic E-state index is 12.3. The lowest BCUT2D eigenvalue weighted by Crippen LogP contribution is -2.04. The quantitative estimate of drug-likeness (QED) is 0.499. The Morgan fingerprint density at radius 1 is 1.50 bits per heavy atom. The third-order valence-electron chi connectivity index (χ3n) is 1.07. The van der Waals surface area contributed by atoms with E-state index in [9.17, 15) is 12.3 Å². The summed E-state index contributed by atoms with van der Waals surface area (Å²) < 4.78 is 32.9. The molecule has 1 aromatic rings. The summed E-state index contributed by atoms with van der Waals surface area (Å²) in [6, 6.07) is 1.34. The Labute approximate surface area is 68.7 Å². The second kappa shape index (κ2) is 2.67. The van der Waals surface area contributed by atoms with Gasteiger partial charge in [-0.1, -0.05) is 3.89 Å². The minimum atomic E-state index is -4.85. The van der Waals surface area contributed by atoms with Crippen LogP contribution in [0.2, 0.25) is 0 Å². The monoisotopic (exact) mass is 191 g/mol. The molecule has 12 heavy (non-hydrogen) atoms. The van der Waals surface area contributed by atoms with Crippen LogP contribution in [-0.2, 0) is 10.2 Å². The van der Waals surface area contributed by atoms with Crippen molar-refractivity contribution in [2.75, 3.05) is 5.73 Å². The van der Waals surface area contributed by atoms with Gasteiger partial charge in [-0.25, -0.2) is 4.98 Å². The van der Waals surface area contributed by atoms with Gasteiger partial charge in [0.1, 0.15) is 5.82 Å². The first-order valence-corrected chi connectivity index (χ1v) is 4.34. The SMILES string of the molecule is Cc1cc(N)nc(S(=O)(=O)F)n1. The molecular formula is C5H6FN3O2S. The van der Waals surface area contributed by atoms with Crippen molar-refractivity contribution in [2.45, 2.75) is 12.1 Å². The van der Waals surface area contributed by atoms with E-state index >= 15 is 0 Å². The fourth-order valence-electron chi connectivity index (χ4n) is 0.674. The fourth-order valence-corrected chi connectivity index (χ4v) is 1.14. The summed E-state index contributed by atoms with van der Waals surface area (Å²) in [4.78, 5) is 6.56. The number of aryl methyl sites for hydroxylation is 1. The Morgan fingerprint density at radius 3 is 2.50 bits per heavy atom. The molecule has 66 valence electrons. The van der Waals surface area contributed by atoms with Crippen LogP contribution in [0.15, 0.2) is 11.2 Å². The van der Waals surface area contributed by atoms with Gasteiger partial charge in [-0.2, -0.15) is 13.4 Å². The van der Waals surface area contributed by atoms with E-state index in [-0.39, 0.29) is 5.82 Å². The van der Waals surface area contributed by atoms with Crippen LogP contribution in [0.1, 0.15) is 5.69 Å². The van der Waals surface area contributed by atoms with Crippen molar-refractivity contribution in [1.29, 1.82) is 0 Å². The lowest BCUT2D eigenvalue weighted by atomic mass is 10.4. The molecule has 0 saturated carbocycles. The molecule has 0 fully saturated rings. The first-order valence-electron chi connectivity index (χ1n) is 2.95. The second-order valence-corrected chi connectivity index (χ2v) is 3.40. The van der Waals surface area contributed by atoms with Crippen LogP contribution in [0.3, 0.4) is 0 Å². The topological polar surface area (TPSA) is 85.9 Å². The molecular weight excluding hydrogens is 185 g/mol. The van der Waals surface area contributed by atoms with E-state index in [1.165, 1.54) is 13.0 Å². The second-order valence-electron chi connectivity index (χ2n) is 2.15. The molecule has 0 radical (unpaired) electrons. The molecule has 1 rings (SSSR count). The predicted octanol–water partition coefficient (Wildman–Crippen LogP) is 0.0254. The zero-order chi connectivity index (χ0) is 9.35. The smallest absolute Gasteiger partial charge is 0.368 e. The minimum absolute atomic E-state index is 0.0706. The van der Waals surface area contributed by atoms with E-state index in [0.717, 1.165) is 0 Å². The highest BCUT2D eigenvalue weighted by Gasteiger charge is 2.16. The summed E-state index contributed by atoms with van der Waals surface area (Å²) in [5.74, 6) is -0.0706. The highest BCUT2D eigenvalue weighted by atomic mass is 32.3. The molecule has 0 aliphatic carbocycles. The molecule has 0 atom stereocenters. The van der Waals surface area contributed by atoms with Crippen molar-refractivity contribution in [1.82, 2.24) is 9.97 Å². The Kier molecular flexibility index (Phi) is 1.97. The van der Waals surface area contributed by atoms with E-state index in [0.29, 0.717) is 5.69 Å². The number of halogens is 1. The number of nitrogens with zero attached hydrogens (tertiary/aromatic N) is 2. The highest BCUT2D eigenvalue weighted by molar-refractivity contribution is 7.86. The van der Waals surface area contributed by atoms with Crippen molar-refractivity contribution in [3.63, 3.8) is 0 Å². The lowest BCUT2D eigenvalue weighted by Gasteiger charge is -1.97. The summed E-state index contributed by atoms with van der Waals surface area (Å²) in [5.41, 5.74) is 5.48. The first kappa shape index (κ1) is 8.85. The summed E-state index contributed by atoms with van der Waals surface area (Å²) in [7, 11) is -4.85. The van der Waals surface area contributed by atoms with Crippen LogP contribution >= 0.6 is 0 Å². The van der Waals surface area contributed by atoms with E-state index in [2.05, 4.69) is 9.97 Å². The Morgan fingerprint density at radius 2 is 2.08 bits per heavy atom. The van der Waals surface area contributed by atoms with Crippen LogP contribution in [0.25, 0.3) is 0 Å². The van der Waals surface area contributed by atoms with Gasteiger partial charge in [0.25, 0.3) is 5.16 Å². The molecule has 1 heterocycles. The molecule has 5 nitrogen and oxygen atoms in total. The molecule has 0 amide bonds. The number of nitrogens with two attached hydrogens (primary N) is 1. The molecule has 7 heteroatoms. The zero-order valence-corrected chi connectivity index (χ0v) is 6.97. The normalized spacial score (nSPS) is 11.5. The molecule has 0 spiro atoms. The fraction of sp³-hybridized carbons (Fsp3) is 0.200. The summed E-state index contributed by atoms with van der Waals surface area (Å²) in [6.07, 6.45) is 0. The van der Waals surface area contributed by atoms with Gasteiger partial charge in [0.15, 0.2) is 0 Å². The van der Waals surface area contributed by atoms with Crippen molar-refractivity contribution in [2.24, 2.45) is 0 Å². The van der Waals surface area contributed by atoms with Gasteiger partial charge in [-0.05, 0) is 6.92 Å². The first-order chi connectivity index (χ1) is 5.39. The average molecular weight is 191 g/mol. The Balaban J connectivity index is 3.37. The van der Waals surface area contributed by atoms with Crippen LogP contribution < -0.4 is 5.73 Å². The lowest BCUT2D eigenvalue weighted by molar-refractivity contribution is 0.541. The number of hydrogen-bond donors (Lipinski definition) is 1. The Bertz CT molecular complexity index is 383. The molecule has 1 aromatic heterocycles. The number of nitrogen functional groups attached to an aromatic ring is 1. The van der Waals surface area contributed by atoms with Crippen LogP contribution in [0, 0.1) is 6.92 Å². The Hall–Kier alpha value is -1.24. The molecule has 0 saturated heterocycles. The summed E-state index contributed by atoms with van der Waals surface area (Å²) in [6.45, 7) is 1.49. The van der Waals surface area contributed by atoms with Crippen molar-refractivity contribution < 1.29 is 12.3 Å². The van der Waals surface area contributed by atoms with E-state index in [4.69, 9.17) is 5.73 Å². The number of anilines is 1. The van der Waals surface area contributed by atoms with Crippen LogP contribution in [0.5, 0.6) is 0 Å². The van der Waals surface area contributed by atoms with Gasteiger partial charge >= 0.3 is 10.2 Å². The zero-order valence-electron chi connectivity index (χ0n) is 6.15. The third-order valence-corrected chi connectivity index (χ3v) is 1.69. The van der Waals surface area contributed by atoms with Gasteiger partial charge in [-0.3, -0.25) is 0 Å². The molecule has 0 aliphatic rings. The number of rotatable bonds is 1. The van der Waals surface area contributed by atoms with Crippen molar-refractivity contribution in [3.05, 3.63) is 11.8 Å². The average Bonchev–Trinajstić information content (AvgIpc) is 1.82. The van der Waals surface area contributed by atoms with E-state index in [1.807, 2.05) is 0 Å². The third kappa shape index (κ3) is 1.88. The standard InChI is InChI=1S/C5H6FN3O2S/c1-3-2-4(7)9-5(8-3)12(6,10)11/h2H,1H3,(H2,7,8,9). The number of hydrogen-bond acceptors (Lipinski definition) is 5. The predicted molar refractivity (Wildman–Crippen MR) is 39.5 cm³/mol. The van der Waals surface area contributed by atoms with Crippen molar-refractivity contribution in [3.8, 4) is 0 Å². The minimum Gasteiger partial charge on any atom is -0.384 e. The van der Waals surface area contributed by atoms with Gasteiger partial charge < -0.3 is 5.73 Å². The van der Waals surface area contributed by atoms with E-state index < -0.39 is 15.4 Å². The summed E-state index contributed by atoms with van der Waals surface area (Å²) >= 11 is 0. The summed E-state index contributed by atoms with van der Waals surface area (Å²) in [5, 5.41) is -0.889. The van der Waals surface area contributed by atoms with Gasteiger partial charge in [0.05, 0.1) is 0 Å². The molecule has 2 N–H and O–H groups in total. The molecule has 0 aliphatic heterocycles. The van der Waals surface area contributed by atoms with Crippen LogP contribution in [-0.4, -0.2) is 18.4 Å². The maximum atomic E-state index is 12.3. The van der Waals surface area contributed by atoms with Crippen LogP contribution in [0.4, 0.5) is 9.70 Å². The molecule has 0 bridgehead atoms. The van der Waals surface area contributed by atoms with Crippen molar-refractivity contribution >= 4 is 16.0 Å². The maximum Gasteiger partial charge on any atom is 0.368 e. The highest BCUT2D eigenvalue weighted by Crippen LogP contribution is 2.09. The van der Waals surface area contributed by atoms with Gasteiger partial charge in [-0.15, -0.1) is 0 Å². The molecule has 0 aromatic carbocycles. The van der Waals surface area contributed by atoms with Gasteiger partial charge in [0.2, 0.25) is 0 Å². The largest absolute Gasteiger partial charge is 0.384 e.